The fourth-order valence-corrected chi connectivity index (χ4v) is 2.92. The van der Waals surface area contributed by atoms with Crippen LogP contribution in [0.4, 0.5) is 31.1 Å². The van der Waals surface area contributed by atoms with Gasteiger partial charge in [0.15, 0.2) is 7.85 Å². The predicted octanol–water partition coefficient (Wildman–Crippen LogP) is -0.501. The highest BCUT2D eigenvalue weighted by Crippen LogP contribution is 2.45. The number of carbonyl (C=O) groups excluding carboxylic acids is 1. The quantitative estimate of drug-likeness (QED) is 0.436. The van der Waals surface area contributed by atoms with E-state index in [1.54, 1.807) is 0 Å². The zero-order valence-corrected chi connectivity index (χ0v) is 15.7. The first-order chi connectivity index (χ1) is 12.4. The summed E-state index contributed by atoms with van der Waals surface area (Å²) in [4.78, 5) is 13.3. The average Bonchev–Trinajstić information content (AvgIpc) is 2.40. The summed E-state index contributed by atoms with van der Waals surface area (Å²) in [6.07, 6.45) is -14.9. The summed E-state index contributed by atoms with van der Waals surface area (Å²) < 4.78 is 81.3. The summed E-state index contributed by atoms with van der Waals surface area (Å²) in [6.45, 7) is 4.61. The van der Waals surface area contributed by atoms with E-state index in [0.29, 0.717) is 0 Å². The lowest BCUT2D eigenvalue weighted by Crippen LogP contribution is -2.86. The third-order valence-corrected chi connectivity index (χ3v) is 4.39. The molecule has 1 heterocycles. The van der Waals surface area contributed by atoms with Crippen LogP contribution in [-0.2, 0) is 4.74 Å². The van der Waals surface area contributed by atoms with Crippen LogP contribution in [0.1, 0.15) is 20.8 Å². The van der Waals surface area contributed by atoms with Gasteiger partial charge in [-0.2, -0.15) is 26.3 Å². The second-order valence-electron chi connectivity index (χ2n) is 7.64. The Balaban J connectivity index is 3.49. The Hall–Kier alpha value is -0.735. The molecule has 0 N–H and O–H groups in total. The van der Waals surface area contributed by atoms with E-state index in [1.165, 1.54) is 20.8 Å². The van der Waals surface area contributed by atoms with Crippen LogP contribution in [0.3, 0.4) is 0 Å². The van der Waals surface area contributed by atoms with Crippen molar-refractivity contribution in [2.24, 2.45) is 0 Å². The lowest BCUT2D eigenvalue weighted by Gasteiger charge is -2.69. The number of nitrogens with zero attached hydrogens (tertiary/aromatic N) is 2. The molecule has 1 fully saturated rings. The summed E-state index contributed by atoms with van der Waals surface area (Å²) in [7, 11) is 39.2. The molecular weight excluding hydrogens is 394 g/mol. The normalized spacial score (nSPS) is 26.2. The molecular formula is C12H11B7F6N2O2. The van der Waals surface area contributed by atoms with E-state index in [-0.39, 0.29) is 4.90 Å². The highest BCUT2D eigenvalue weighted by atomic mass is 19.4. The van der Waals surface area contributed by atoms with Gasteiger partial charge < -0.3 is 14.5 Å². The number of amides is 1. The molecule has 1 saturated heterocycles. The number of piperazine rings is 1. The number of alkyl halides is 6. The van der Waals surface area contributed by atoms with Gasteiger partial charge in [-0.25, -0.2) is 4.79 Å². The van der Waals surface area contributed by atoms with Crippen LogP contribution < -0.4 is 0 Å². The van der Waals surface area contributed by atoms with Crippen LogP contribution in [-0.4, -0.2) is 117 Å². The van der Waals surface area contributed by atoms with Gasteiger partial charge in [0.2, 0.25) is 0 Å². The van der Waals surface area contributed by atoms with Crippen LogP contribution in [0.2, 0.25) is 0 Å². The molecule has 1 rings (SSSR count). The van der Waals surface area contributed by atoms with E-state index >= 15 is 0 Å². The van der Waals surface area contributed by atoms with Crippen molar-refractivity contribution >= 4 is 61.0 Å². The van der Waals surface area contributed by atoms with Crippen LogP contribution in [0, 0.1) is 0 Å². The third-order valence-electron chi connectivity index (χ3n) is 4.39. The lowest BCUT2D eigenvalue weighted by molar-refractivity contribution is -0.331. The molecule has 14 radical (unpaired) electrons. The van der Waals surface area contributed by atoms with Gasteiger partial charge in [-0.1, -0.05) is 0 Å². The van der Waals surface area contributed by atoms with Crippen molar-refractivity contribution in [3.8, 4) is 0 Å². The van der Waals surface area contributed by atoms with E-state index in [0.717, 1.165) is 4.90 Å². The minimum atomic E-state index is -6.26. The van der Waals surface area contributed by atoms with Gasteiger partial charge in [-0.15, -0.1) is 0 Å². The van der Waals surface area contributed by atoms with E-state index in [9.17, 15) is 31.1 Å². The Labute approximate surface area is 174 Å². The molecule has 0 aromatic rings. The first kappa shape index (κ1) is 26.3. The van der Waals surface area contributed by atoms with Crippen LogP contribution in [0.25, 0.3) is 0 Å². The molecule has 0 aliphatic carbocycles. The molecule has 0 bridgehead atoms. The predicted molar refractivity (Wildman–Crippen MR) is 98.1 cm³/mol. The summed E-state index contributed by atoms with van der Waals surface area (Å²) in [5.74, 6) is -3.41. The van der Waals surface area contributed by atoms with Gasteiger partial charge in [-0.3, -0.25) is 0 Å². The smallest absolute Gasteiger partial charge is 0.427 e. The van der Waals surface area contributed by atoms with Crippen LogP contribution in [0.15, 0.2) is 0 Å². The number of rotatable bonds is 1. The average molecular weight is 405 g/mol. The number of ether oxygens (including phenoxy) is 1. The molecule has 2 atom stereocenters. The first-order valence-electron chi connectivity index (χ1n) is 7.85. The minimum absolute atomic E-state index is 0.112. The van der Waals surface area contributed by atoms with Gasteiger partial charge in [-0.05, 0) is 37.4 Å². The van der Waals surface area contributed by atoms with Crippen LogP contribution >= 0.6 is 0 Å². The Morgan fingerprint density at radius 1 is 0.862 bits per heavy atom. The second kappa shape index (κ2) is 7.16. The summed E-state index contributed by atoms with van der Waals surface area (Å²) in [5.41, 5.74) is -6.40. The highest BCUT2D eigenvalue weighted by Gasteiger charge is 2.71. The molecule has 0 aromatic carbocycles. The van der Waals surface area contributed by atoms with E-state index < -0.39 is 52.0 Å². The van der Waals surface area contributed by atoms with Crippen molar-refractivity contribution in [2.75, 3.05) is 0 Å². The standard InChI is InChI=1S/C12H11B7F6N2O2/c1-7(2,3)27-5(14)4(13)26(9(16,17)10(27,18)19)6(28)29-8(15,11(20,21)22)12(23,24)25/h4-5H,1-3H3. The Morgan fingerprint density at radius 2 is 1.24 bits per heavy atom. The largest absolute Gasteiger partial charge is 0.434 e. The number of hydrogen-bond acceptors (Lipinski definition) is 3. The topological polar surface area (TPSA) is 32.8 Å². The van der Waals surface area contributed by atoms with E-state index in [1.807, 2.05) is 0 Å². The van der Waals surface area contributed by atoms with Crippen LogP contribution in [0.5, 0.6) is 0 Å². The number of carbonyl (C=O) groups is 1. The lowest BCUT2D eigenvalue weighted by atomic mass is 9.34. The molecule has 29 heavy (non-hydrogen) atoms. The highest BCUT2D eigenvalue weighted by molar-refractivity contribution is 6.55. The van der Waals surface area contributed by atoms with Gasteiger partial charge in [0.25, 0.3) is 5.50 Å². The van der Waals surface area contributed by atoms with Crippen molar-refractivity contribution < 1.29 is 35.9 Å². The first-order valence-corrected chi connectivity index (χ1v) is 7.85. The SMILES string of the molecule is [B]C1C([B])N(C(C)(C)C)C([B])([B])C([B])([B])N1C(=O)OC([B])(C(F)(F)F)C(F)(F)F. The number of halogens is 6. The van der Waals surface area contributed by atoms with Crippen molar-refractivity contribution in [1.82, 2.24) is 9.80 Å². The van der Waals surface area contributed by atoms with Gasteiger partial charge >= 0.3 is 18.4 Å². The minimum Gasteiger partial charge on any atom is -0.434 e. The molecule has 144 valence electrons. The molecule has 0 spiro atoms. The maximum Gasteiger partial charge on any atom is 0.427 e. The molecule has 17 heteroatoms. The summed E-state index contributed by atoms with van der Waals surface area (Å²) >= 11 is 0. The van der Waals surface area contributed by atoms with Crippen molar-refractivity contribution in [1.29, 1.82) is 0 Å². The Bertz CT molecular complexity index is 638. The van der Waals surface area contributed by atoms with Gasteiger partial charge in [0, 0.05) is 11.5 Å². The Morgan fingerprint density at radius 3 is 1.55 bits per heavy atom. The summed E-state index contributed by atoms with van der Waals surface area (Å²) in [5, 5.41) is -5.32. The molecule has 0 saturated carbocycles. The summed E-state index contributed by atoms with van der Waals surface area (Å²) in [6, 6.07) is 0. The maximum absolute atomic E-state index is 12.9. The second-order valence-corrected chi connectivity index (χ2v) is 7.64. The van der Waals surface area contributed by atoms with Crippen molar-refractivity contribution in [2.45, 2.75) is 66.7 Å². The zero-order chi connectivity index (χ0) is 23.6. The van der Waals surface area contributed by atoms with Gasteiger partial charge in [0.05, 0.1) is 39.2 Å². The third kappa shape index (κ3) is 4.09. The molecule has 1 amide bonds. The fraction of sp³-hybridized carbons (Fsp3) is 0.917. The van der Waals surface area contributed by atoms with E-state index in [4.69, 9.17) is 47.1 Å². The zero-order valence-electron chi connectivity index (χ0n) is 15.7. The molecule has 1 aliphatic heterocycles. The van der Waals surface area contributed by atoms with Gasteiger partial charge in [0.1, 0.15) is 7.85 Å². The Kier molecular flexibility index (Phi) is 6.49. The maximum atomic E-state index is 12.9. The molecule has 0 aromatic heterocycles. The molecule has 2 unspecified atom stereocenters. The monoisotopic (exact) mass is 406 g/mol. The molecule has 1 aliphatic rings. The van der Waals surface area contributed by atoms with E-state index in [2.05, 4.69) is 12.6 Å². The molecule has 4 nitrogen and oxygen atoms in total. The number of hydrogen-bond donors (Lipinski definition) is 0. The van der Waals surface area contributed by atoms with Crippen molar-refractivity contribution in [3.05, 3.63) is 0 Å². The van der Waals surface area contributed by atoms with Crippen molar-refractivity contribution in [3.63, 3.8) is 0 Å². The fourth-order valence-electron chi connectivity index (χ4n) is 2.92.